The second-order valence-electron chi connectivity index (χ2n) is 7.68. The van der Waals surface area contributed by atoms with Crippen LogP contribution in [-0.4, -0.2) is 22.5 Å². The zero-order valence-electron chi connectivity index (χ0n) is 17.7. The van der Waals surface area contributed by atoms with Gasteiger partial charge in [-0.25, -0.2) is 13.8 Å². The summed E-state index contributed by atoms with van der Waals surface area (Å²) in [5.74, 6) is -2.15. The third-order valence-corrected chi connectivity index (χ3v) is 4.65. The quantitative estimate of drug-likeness (QED) is 0.495. The molecule has 0 spiro atoms. The smallest absolute Gasteiger partial charge is 0.406 e. The molecule has 10 heteroatoms. The minimum Gasteiger partial charge on any atom is -0.406 e. The molecule has 0 saturated carbocycles. The van der Waals surface area contributed by atoms with Crippen LogP contribution in [0.15, 0.2) is 35.1 Å². The Morgan fingerprint density at radius 2 is 1.81 bits per heavy atom. The summed E-state index contributed by atoms with van der Waals surface area (Å²) in [6.45, 7) is 5.60. The molecule has 3 aromatic rings. The molecule has 1 aromatic heterocycles. The third-order valence-electron chi connectivity index (χ3n) is 4.65. The number of hydrogen-bond donors (Lipinski definition) is 1. The highest BCUT2D eigenvalue weighted by molar-refractivity contribution is 5.81. The first kappa shape index (κ1) is 23.5. The number of rotatable bonds is 7. The molecule has 172 valence electrons. The lowest BCUT2D eigenvalue weighted by atomic mass is 10.1. The Labute approximate surface area is 180 Å². The summed E-state index contributed by atoms with van der Waals surface area (Å²) in [6.07, 6.45) is -4.55. The summed E-state index contributed by atoms with van der Waals surface area (Å²) >= 11 is 0. The molecule has 0 aliphatic rings. The fraction of sp³-hybridized carbons (Fsp3) is 0.364. The number of nitrogens with zero attached hydrogens (tertiary/aromatic N) is 2. The highest BCUT2D eigenvalue weighted by atomic mass is 19.4. The van der Waals surface area contributed by atoms with E-state index >= 15 is 4.39 Å². The van der Waals surface area contributed by atoms with Gasteiger partial charge >= 0.3 is 6.36 Å². The molecule has 0 amide bonds. The van der Waals surface area contributed by atoms with Crippen LogP contribution in [0.25, 0.3) is 11.0 Å². The monoisotopic (exact) mass is 455 g/mol. The molecular formula is C22H22F5N3O2. The topological polar surface area (TPSA) is 56.2 Å². The number of fused-ring (bicyclic) bond motifs is 1. The Balaban J connectivity index is 2.13. The second kappa shape index (κ2) is 9.13. The van der Waals surface area contributed by atoms with E-state index in [1.807, 2.05) is 13.8 Å². The predicted octanol–water partition coefficient (Wildman–Crippen LogP) is 5.25. The molecule has 2 aromatic carbocycles. The van der Waals surface area contributed by atoms with Gasteiger partial charge in [-0.2, -0.15) is 0 Å². The van der Waals surface area contributed by atoms with Crippen LogP contribution < -0.4 is 15.6 Å². The fourth-order valence-corrected chi connectivity index (χ4v) is 3.35. The van der Waals surface area contributed by atoms with Gasteiger partial charge in [0.1, 0.15) is 22.6 Å². The van der Waals surface area contributed by atoms with Crippen LogP contribution in [0.5, 0.6) is 5.75 Å². The van der Waals surface area contributed by atoms with Gasteiger partial charge in [-0.1, -0.05) is 26.0 Å². The molecule has 0 radical (unpaired) electrons. The molecule has 0 aliphatic heterocycles. The maximum absolute atomic E-state index is 15.1. The van der Waals surface area contributed by atoms with Gasteiger partial charge in [0.15, 0.2) is 11.6 Å². The van der Waals surface area contributed by atoms with E-state index in [-0.39, 0.29) is 47.8 Å². The van der Waals surface area contributed by atoms with Crippen LogP contribution in [0.2, 0.25) is 0 Å². The van der Waals surface area contributed by atoms with E-state index in [1.165, 1.54) is 16.7 Å². The van der Waals surface area contributed by atoms with E-state index < -0.39 is 29.3 Å². The first-order valence-electron chi connectivity index (χ1n) is 10.00. The molecule has 0 bridgehead atoms. The molecule has 5 nitrogen and oxygen atoms in total. The summed E-state index contributed by atoms with van der Waals surface area (Å²) < 4.78 is 71.8. The minimum absolute atomic E-state index is 0.0465. The zero-order chi connectivity index (χ0) is 23.6. The van der Waals surface area contributed by atoms with Crippen LogP contribution in [-0.2, 0) is 13.0 Å². The number of hydrogen-bond acceptors (Lipinski definition) is 4. The van der Waals surface area contributed by atoms with Crippen molar-refractivity contribution in [2.24, 2.45) is 5.92 Å². The average Bonchev–Trinajstić information content (AvgIpc) is 2.69. The average molecular weight is 455 g/mol. The number of alkyl halides is 3. The van der Waals surface area contributed by atoms with E-state index in [0.29, 0.717) is 5.56 Å². The normalized spacial score (nSPS) is 11.9. The van der Waals surface area contributed by atoms with E-state index in [4.69, 9.17) is 0 Å². The minimum atomic E-state index is -4.83. The Bertz CT molecular complexity index is 1170. The standard InChI is InChI=1S/C22H22F5N3O2/c1-4-28-19-15(23)10-17-20(18(19)24)29-16(9-12(2)3)21(31)30(17)11-13-5-7-14(8-6-13)32-22(25,26)27/h5-8,10,12,28H,4,9,11H2,1-3H3. The molecule has 0 unspecified atom stereocenters. The van der Waals surface area contributed by atoms with E-state index in [9.17, 15) is 22.4 Å². The number of anilines is 1. The third kappa shape index (κ3) is 5.17. The second-order valence-corrected chi connectivity index (χ2v) is 7.68. The summed E-state index contributed by atoms with van der Waals surface area (Å²) in [5.41, 5.74) is -0.484. The summed E-state index contributed by atoms with van der Waals surface area (Å²) in [7, 11) is 0. The van der Waals surface area contributed by atoms with Gasteiger partial charge in [-0.15, -0.1) is 13.2 Å². The molecule has 0 saturated heterocycles. The molecule has 0 atom stereocenters. The molecule has 0 fully saturated rings. The lowest BCUT2D eigenvalue weighted by Gasteiger charge is -2.16. The Kier molecular flexibility index (Phi) is 6.71. The predicted molar refractivity (Wildman–Crippen MR) is 111 cm³/mol. The van der Waals surface area contributed by atoms with Crippen LogP contribution in [0.1, 0.15) is 32.0 Å². The van der Waals surface area contributed by atoms with Gasteiger partial charge in [0.25, 0.3) is 5.56 Å². The van der Waals surface area contributed by atoms with Crippen molar-refractivity contribution in [1.29, 1.82) is 0 Å². The Morgan fingerprint density at radius 1 is 1.16 bits per heavy atom. The molecular weight excluding hydrogens is 433 g/mol. The van der Waals surface area contributed by atoms with Crippen molar-refractivity contribution >= 4 is 16.7 Å². The van der Waals surface area contributed by atoms with Crippen LogP contribution in [0, 0.1) is 17.6 Å². The summed E-state index contributed by atoms with van der Waals surface area (Å²) in [5, 5.41) is 2.62. The first-order chi connectivity index (χ1) is 15.0. The molecule has 32 heavy (non-hydrogen) atoms. The highest BCUT2D eigenvalue weighted by Gasteiger charge is 2.31. The number of nitrogens with one attached hydrogen (secondary N) is 1. The summed E-state index contributed by atoms with van der Waals surface area (Å²) in [4.78, 5) is 17.3. The number of halogens is 5. The van der Waals surface area contributed by atoms with Crippen molar-refractivity contribution in [3.8, 4) is 5.75 Å². The van der Waals surface area contributed by atoms with Crippen molar-refractivity contribution < 1.29 is 26.7 Å². The van der Waals surface area contributed by atoms with Gasteiger partial charge in [0.2, 0.25) is 0 Å². The lowest BCUT2D eigenvalue weighted by Crippen LogP contribution is -2.28. The highest BCUT2D eigenvalue weighted by Crippen LogP contribution is 2.28. The van der Waals surface area contributed by atoms with E-state index in [1.54, 1.807) is 6.92 Å². The van der Waals surface area contributed by atoms with Crippen molar-refractivity contribution in [3.63, 3.8) is 0 Å². The van der Waals surface area contributed by atoms with Gasteiger partial charge in [-0.3, -0.25) is 4.79 Å². The zero-order valence-corrected chi connectivity index (χ0v) is 17.7. The Morgan fingerprint density at radius 3 is 2.38 bits per heavy atom. The van der Waals surface area contributed by atoms with Crippen LogP contribution in [0.3, 0.4) is 0 Å². The maximum atomic E-state index is 15.1. The van der Waals surface area contributed by atoms with Crippen LogP contribution in [0.4, 0.5) is 27.6 Å². The SMILES string of the molecule is CCNc1c(F)cc2c(nc(CC(C)C)c(=O)n2Cc2ccc(OC(F)(F)F)cc2)c1F. The lowest BCUT2D eigenvalue weighted by molar-refractivity contribution is -0.274. The maximum Gasteiger partial charge on any atom is 0.573 e. The fourth-order valence-electron chi connectivity index (χ4n) is 3.35. The first-order valence-corrected chi connectivity index (χ1v) is 10.00. The number of aromatic nitrogens is 2. The van der Waals surface area contributed by atoms with Crippen molar-refractivity contribution in [2.75, 3.05) is 11.9 Å². The van der Waals surface area contributed by atoms with E-state index in [0.717, 1.165) is 18.2 Å². The van der Waals surface area contributed by atoms with Crippen molar-refractivity contribution in [3.05, 3.63) is 63.6 Å². The molecule has 1 N–H and O–H groups in total. The van der Waals surface area contributed by atoms with Crippen molar-refractivity contribution in [1.82, 2.24) is 9.55 Å². The summed E-state index contributed by atoms with van der Waals surface area (Å²) in [6, 6.07) is 5.95. The van der Waals surface area contributed by atoms with E-state index in [2.05, 4.69) is 15.0 Å². The van der Waals surface area contributed by atoms with Gasteiger partial charge < -0.3 is 14.6 Å². The number of ether oxygens (including phenoxy) is 1. The molecule has 3 rings (SSSR count). The van der Waals surface area contributed by atoms with Crippen molar-refractivity contribution in [2.45, 2.75) is 40.1 Å². The van der Waals surface area contributed by atoms with Gasteiger partial charge in [-0.05, 0) is 37.0 Å². The largest absolute Gasteiger partial charge is 0.573 e. The molecule has 1 heterocycles. The molecule has 0 aliphatic carbocycles. The van der Waals surface area contributed by atoms with Gasteiger partial charge in [0, 0.05) is 12.6 Å². The number of benzene rings is 2. The Hall–Kier alpha value is -3.17. The van der Waals surface area contributed by atoms with Gasteiger partial charge in [0.05, 0.1) is 12.1 Å². The van der Waals surface area contributed by atoms with Crippen LogP contribution >= 0.6 is 0 Å².